The van der Waals surface area contributed by atoms with Gasteiger partial charge in [0.1, 0.15) is 0 Å². The standard InChI is InChI=1S/C36H41ClN4O3/c1-5-7-19-39(20-8-6-2)36(43)32-23-34(44-4)41(38-32)33-18-15-28(26-13-16-30(37)17-14-26)22-31(33)35(42)40-24-29-12-10-9-11-27(29)21-25(40)3/h9-18,22-23,25H,5-8,19-21,24H2,1-4H3. The van der Waals surface area contributed by atoms with Gasteiger partial charge in [-0.15, -0.1) is 0 Å². The number of amides is 2. The molecule has 1 aromatic heterocycles. The van der Waals surface area contributed by atoms with Crippen LogP contribution in [0.15, 0.2) is 72.8 Å². The topological polar surface area (TPSA) is 67.7 Å². The Hall–Kier alpha value is -4.10. The van der Waals surface area contributed by atoms with E-state index in [-0.39, 0.29) is 17.9 Å². The van der Waals surface area contributed by atoms with Crippen LogP contribution in [0.5, 0.6) is 5.88 Å². The molecule has 1 aliphatic heterocycles. The van der Waals surface area contributed by atoms with E-state index in [4.69, 9.17) is 21.4 Å². The van der Waals surface area contributed by atoms with Crippen molar-refractivity contribution < 1.29 is 14.3 Å². The quantitative estimate of drug-likeness (QED) is 0.173. The second-order valence-electron chi connectivity index (χ2n) is 11.5. The zero-order valence-corrected chi connectivity index (χ0v) is 26.8. The molecule has 0 spiro atoms. The largest absolute Gasteiger partial charge is 0.481 e. The van der Waals surface area contributed by atoms with Crippen molar-refractivity contribution in [3.63, 3.8) is 0 Å². The summed E-state index contributed by atoms with van der Waals surface area (Å²) >= 11 is 6.17. The second kappa shape index (κ2) is 14.1. The van der Waals surface area contributed by atoms with E-state index in [2.05, 4.69) is 32.9 Å². The fourth-order valence-electron chi connectivity index (χ4n) is 5.78. The Balaban J connectivity index is 1.58. The lowest BCUT2D eigenvalue weighted by atomic mass is 9.93. The van der Waals surface area contributed by atoms with Crippen LogP contribution < -0.4 is 4.74 Å². The molecule has 0 aliphatic carbocycles. The Labute approximate surface area is 265 Å². The molecule has 230 valence electrons. The first-order valence-corrected chi connectivity index (χ1v) is 15.9. The Morgan fingerprint density at radius 1 is 0.932 bits per heavy atom. The minimum atomic E-state index is -0.129. The van der Waals surface area contributed by atoms with E-state index in [1.807, 2.05) is 64.4 Å². The molecular formula is C36H41ClN4O3. The molecule has 7 nitrogen and oxygen atoms in total. The molecular weight excluding hydrogens is 572 g/mol. The van der Waals surface area contributed by atoms with Crippen molar-refractivity contribution >= 4 is 23.4 Å². The lowest BCUT2D eigenvalue weighted by Gasteiger charge is -2.35. The average Bonchev–Trinajstić information content (AvgIpc) is 3.48. The summed E-state index contributed by atoms with van der Waals surface area (Å²) in [6.07, 6.45) is 4.63. The first-order chi connectivity index (χ1) is 21.3. The van der Waals surface area contributed by atoms with Crippen LogP contribution in [0.2, 0.25) is 5.02 Å². The summed E-state index contributed by atoms with van der Waals surface area (Å²) in [6.45, 7) is 8.20. The Bertz CT molecular complexity index is 1610. The van der Waals surface area contributed by atoms with Gasteiger partial charge in [0, 0.05) is 36.8 Å². The van der Waals surface area contributed by atoms with Crippen molar-refractivity contribution in [3.8, 4) is 22.7 Å². The van der Waals surface area contributed by atoms with Gasteiger partial charge in [-0.1, -0.05) is 80.8 Å². The SMILES string of the molecule is CCCCN(CCCC)C(=O)c1cc(OC)n(-c2ccc(-c3ccc(Cl)cc3)cc2C(=O)N2Cc3ccccc3CC2C)n1. The number of nitrogens with zero attached hydrogens (tertiary/aromatic N) is 4. The fourth-order valence-corrected chi connectivity index (χ4v) is 5.91. The molecule has 5 rings (SSSR count). The fraction of sp³-hybridized carbons (Fsp3) is 0.361. The number of benzene rings is 3. The molecule has 0 bridgehead atoms. The van der Waals surface area contributed by atoms with Gasteiger partial charge in [-0.05, 0) is 72.7 Å². The molecule has 1 atom stereocenters. The molecule has 2 amide bonds. The van der Waals surface area contributed by atoms with Gasteiger partial charge in [0.15, 0.2) is 5.69 Å². The van der Waals surface area contributed by atoms with Gasteiger partial charge in [0.25, 0.3) is 11.8 Å². The summed E-state index contributed by atoms with van der Waals surface area (Å²) in [7, 11) is 1.56. The van der Waals surface area contributed by atoms with Crippen molar-refractivity contribution in [1.29, 1.82) is 0 Å². The van der Waals surface area contributed by atoms with Gasteiger partial charge in [0.2, 0.25) is 5.88 Å². The van der Waals surface area contributed by atoms with Crippen molar-refractivity contribution in [2.45, 2.75) is 65.5 Å². The predicted molar refractivity (Wildman–Crippen MR) is 176 cm³/mol. The van der Waals surface area contributed by atoms with Crippen molar-refractivity contribution in [2.75, 3.05) is 20.2 Å². The first kappa shape index (κ1) is 31.3. The summed E-state index contributed by atoms with van der Waals surface area (Å²) in [5.41, 5.74) is 5.59. The van der Waals surface area contributed by atoms with Crippen molar-refractivity contribution in [1.82, 2.24) is 19.6 Å². The van der Waals surface area contributed by atoms with Crippen LogP contribution in [0.4, 0.5) is 0 Å². The summed E-state index contributed by atoms with van der Waals surface area (Å²) in [6, 6.07) is 23.3. The number of unbranched alkanes of at least 4 members (excludes halogenated alkanes) is 2. The maximum absolute atomic E-state index is 14.5. The zero-order chi connectivity index (χ0) is 31.2. The van der Waals surface area contributed by atoms with Gasteiger partial charge < -0.3 is 14.5 Å². The molecule has 4 aromatic rings. The molecule has 3 aromatic carbocycles. The van der Waals surface area contributed by atoms with E-state index in [0.717, 1.165) is 48.8 Å². The third-order valence-corrected chi connectivity index (χ3v) is 8.61. The van der Waals surface area contributed by atoms with E-state index in [9.17, 15) is 9.59 Å². The molecule has 44 heavy (non-hydrogen) atoms. The van der Waals surface area contributed by atoms with E-state index in [1.165, 1.54) is 5.56 Å². The molecule has 8 heteroatoms. The summed E-state index contributed by atoms with van der Waals surface area (Å²) in [5.74, 6) is 0.163. The molecule has 1 aliphatic rings. The predicted octanol–water partition coefficient (Wildman–Crippen LogP) is 7.83. The molecule has 0 saturated heterocycles. The van der Waals surface area contributed by atoms with Crippen molar-refractivity contribution in [3.05, 3.63) is 100 Å². The Kier molecular flexibility index (Phi) is 10.1. The van der Waals surface area contributed by atoms with Crippen LogP contribution >= 0.6 is 11.6 Å². The highest BCUT2D eigenvalue weighted by Crippen LogP contribution is 2.32. The van der Waals surface area contributed by atoms with Gasteiger partial charge in [-0.25, -0.2) is 0 Å². The van der Waals surface area contributed by atoms with Gasteiger partial charge >= 0.3 is 0 Å². The zero-order valence-electron chi connectivity index (χ0n) is 26.1. The molecule has 0 fully saturated rings. The number of rotatable bonds is 11. The van der Waals surface area contributed by atoms with Gasteiger partial charge in [-0.2, -0.15) is 9.78 Å². The number of halogens is 1. The minimum absolute atomic E-state index is 0.00628. The third kappa shape index (κ3) is 6.68. The number of methoxy groups -OCH3 is 1. The normalized spacial score (nSPS) is 14.3. The highest BCUT2D eigenvalue weighted by atomic mass is 35.5. The average molecular weight is 613 g/mol. The number of ether oxygens (including phenoxy) is 1. The van der Waals surface area contributed by atoms with Crippen molar-refractivity contribution in [2.24, 2.45) is 0 Å². The Morgan fingerprint density at radius 3 is 2.25 bits per heavy atom. The van der Waals surface area contributed by atoms with E-state index >= 15 is 0 Å². The number of aromatic nitrogens is 2. The van der Waals surface area contributed by atoms with Crippen LogP contribution in [-0.4, -0.2) is 57.6 Å². The number of hydrogen-bond acceptors (Lipinski definition) is 4. The molecule has 0 N–H and O–H groups in total. The van der Waals surface area contributed by atoms with Crippen LogP contribution in [0, 0.1) is 0 Å². The molecule has 1 unspecified atom stereocenters. The third-order valence-electron chi connectivity index (χ3n) is 8.36. The lowest BCUT2D eigenvalue weighted by molar-refractivity contribution is 0.0657. The summed E-state index contributed by atoms with van der Waals surface area (Å²) < 4.78 is 7.33. The molecule has 0 radical (unpaired) electrons. The van der Waals surface area contributed by atoms with Gasteiger partial charge in [-0.3, -0.25) is 9.59 Å². The van der Waals surface area contributed by atoms with E-state index in [1.54, 1.807) is 17.9 Å². The Morgan fingerprint density at radius 2 is 1.59 bits per heavy atom. The second-order valence-corrected chi connectivity index (χ2v) is 11.9. The number of carbonyl (C=O) groups excluding carboxylic acids is 2. The van der Waals surface area contributed by atoms with Crippen LogP contribution in [0.25, 0.3) is 16.8 Å². The summed E-state index contributed by atoms with van der Waals surface area (Å²) in [4.78, 5) is 32.0. The molecule has 0 saturated carbocycles. The maximum Gasteiger partial charge on any atom is 0.274 e. The van der Waals surface area contributed by atoms with Crippen LogP contribution in [-0.2, 0) is 13.0 Å². The van der Waals surface area contributed by atoms with Crippen LogP contribution in [0.1, 0.15) is 78.4 Å². The number of hydrogen-bond donors (Lipinski definition) is 0. The highest BCUT2D eigenvalue weighted by molar-refractivity contribution is 6.30. The smallest absolute Gasteiger partial charge is 0.274 e. The lowest BCUT2D eigenvalue weighted by Crippen LogP contribution is -2.43. The van der Waals surface area contributed by atoms with E-state index < -0.39 is 0 Å². The van der Waals surface area contributed by atoms with Gasteiger partial charge in [0.05, 0.1) is 18.4 Å². The first-order valence-electron chi connectivity index (χ1n) is 15.6. The highest BCUT2D eigenvalue weighted by Gasteiger charge is 2.31. The summed E-state index contributed by atoms with van der Waals surface area (Å²) in [5, 5.41) is 5.40. The monoisotopic (exact) mass is 612 g/mol. The number of carbonyl (C=O) groups is 2. The van der Waals surface area contributed by atoms with E-state index in [0.29, 0.717) is 47.5 Å². The number of fused-ring (bicyclic) bond motifs is 1. The minimum Gasteiger partial charge on any atom is -0.481 e. The van der Waals surface area contributed by atoms with Crippen LogP contribution in [0.3, 0.4) is 0 Å². The maximum atomic E-state index is 14.5. The molecule has 2 heterocycles.